The van der Waals surface area contributed by atoms with E-state index >= 15 is 0 Å². The molecule has 1 aromatic carbocycles. The molecule has 0 unspecified atom stereocenters. The minimum atomic E-state index is -0.652. The molecule has 0 aliphatic carbocycles. The Kier molecular flexibility index (Phi) is 6.35. The summed E-state index contributed by atoms with van der Waals surface area (Å²) in [5.74, 6) is -0.812. The molecule has 130 valence electrons. The van der Waals surface area contributed by atoms with Crippen LogP contribution in [0.4, 0.5) is 5.69 Å². The number of nitrogens with zero attached hydrogens (tertiary/aromatic N) is 3. The van der Waals surface area contributed by atoms with Gasteiger partial charge >= 0.3 is 0 Å². The van der Waals surface area contributed by atoms with Crippen molar-refractivity contribution in [2.24, 2.45) is 0 Å². The topological polar surface area (TPSA) is 127 Å². The van der Waals surface area contributed by atoms with E-state index in [1.54, 1.807) is 0 Å². The van der Waals surface area contributed by atoms with E-state index in [0.29, 0.717) is 13.0 Å². The number of nitro groups is 1. The Balaban J connectivity index is 1.76. The third-order valence-corrected chi connectivity index (χ3v) is 3.45. The van der Waals surface area contributed by atoms with Gasteiger partial charge in [0, 0.05) is 37.1 Å². The first kappa shape index (κ1) is 18.3. The minimum Gasteiger partial charge on any atom is -0.352 e. The number of hydrogen-bond donors (Lipinski definition) is 2. The first-order chi connectivity index (χ1) is 12.0. The van der Waals surface area contributed by atoms with Crippen LogP contribution in [0.5, 0.6) is 0 Å². The lowest BCUT2D eigenvalue weighted by molar-refractivity contribution is -0.384. The summed E-state index contributed by atoms with van der Waals surface area (Å²) in [6, 6.07) is 3.82. The zero-order valence-corrected chi connectivity index (χ0v) is 13.7. The molecule has 0 aliphatic heterocycles. The number of aromatic nitrogens is 2. The van der Waals surface area contributed by atoms with E-state index in [1.807, 2.05) is 0 Å². The fraction of sp³-hybridized carbons (Fsp3) is 0.200. The van der Waals surface area contributed by atoms with Gasteiger partial charge < -0.3 is 10.6 Å². The molecular weight excluding hydrogens is 350 g/mol. The van der Waals surface area contributed by atoms with Crippen LogP contribution < -0.4 is 10.6 Å². The standard InChI is InChI=1S/C15H14ClN5O4/c16-11-3-2-10(8-13(11)21(24)25)14(22)19-4-1-5-20-15(23)12-9-17-6-7-18-12/h2-3,6-9H,1,4-5H2,(H,19,22)(H,20,23). The molecular formula is C15H14ClN5O4. The number of halogens is 1. The maximum absolute atomic E-state index is 12.0. The maximum atomic E-state index is 12.0. The van der Waals surface area contributed by atoms with Gasteiger partial charge in [-0.25, -0.2) is 4.98 Å². The highest BCUT2D eigenvalue weighted by molar-refractivity contribution is 6.32. The van der Waals surface area contributed by atoms with Crippen LogP contribution in [0.2, 0.25) is 5.02 Å². The molecule has 0 radical (unpaired) electrons. The lowest BCUT2D eigenvalue weighted by Crippen LogP contribution is -2.30. The van der Waals surface area contributed by atoms with Crippen LogP contribution in [0.15, 0.2) is 36.8 Å². The van der Waals surface area contributed by atoms with Crippen molar-refractivity contribution >= 4 is 29.1 Å². The highest BCUT2D eigenvalue weighted by atomic mass is 35.5. The van der Waals surface area contributed by atoms with E-state index in [2.05, 4.69) is 20.6 Å². The van der Waals surface area contributed by atoms with Gasteiger partial charge in [-0.15, -0.1) is 0 Å². The van der Waals surface area contributed by atoms with Crippen LogP contribution in [0, 0.1) is 10.1 Å². The average Bonchev–Trinajstić information content (AvgIpc) is 2.62. The van der Waals surface area contributed by atoms with Gasteiger partial charge in [0.15, 0.2) is 0 Å². The van der Waals surface area contributed by atoms with Crippen LogP contribution >= 0.6 is 11.6 Å². The molecule has 25 heavy (non-hydrogen) atoms. The Morgan fingerprint density at radius 2 is 1.88 bits per heavy atom. The molecule has 10 heteroatoms. The van der Waals surface area contributed by atoms with Crippen molar-refractivity contribution in [2.75, 3.05) is 13.1 Å². The number of hydrogen-bond acceptors (Lipinski definition) is 6. The molecule has 0 spiro atoms. The van der Waals surface area contributed by atoms with Gasteiger partial charge in [-0.3, -0.25) is 24.7 Å². The minimum absolute atomic E-state index is 0.0340. The Morgan fingerprint density at radius 3 is 2.52 bits per heavy atom. The van der Waals surface area contributed by atoms with Crippen molar-refractivity contribution in [3.8, 4) is 0 Å². The quantitative estimate of drug-likeness (QED) is 0.437. The van der Waals surface area contributed by atoms with E-state index in [4.69, 9.17) is 11.6 Å². The summed E-state index contributed by atoms with van der Waals surface area (Å²) in [4.78, 5) is 41.5. The Morgan fingerprint density at radius 1 is 1.16 bits per heavy atom. The Bertz CT molecular complexity index is 785. The number of amides is 2. The molecule has 2 N–H and O–H groups in total. The van der Waals surface area contributed by atoms with E-state index < -0.39 is 10.8 Å². The molecule has 0 atom stereocenters. The van der Waals surface area contributed by atoms with Crippen molar-refractivity contribution in [3.63, 3.8) is 0 Å². The van der Waals surface area contributed by atoms with E-state index in [1.165, 1.54) is 30.7 Å². The van der Waals surface area contributed by atoms with Crippen LogP contribution in [-0.4, -0.2) is 39.8 Å². The fourth-order valence-corrected chi connectivity index (χ4v) is 2.08. The van der Waals surface area contributed by atoms with Gasteiger partial charge in [0.1, 0.15) is 10.7 Å². The van der Waals surface area contributed by atoms with Gasteiger partial charge in [0.2, 0.25) is 0 Å². The van der Waals surface area contributed by atoms with E-state index in [0.717, 1.165) is 6.07 Å². The van der Waals surface area contributed by atoms with Crippen molar-refractivity contribution in [2.45, 2.75) is 6.42 Å². The third kappa shape index (κ3) is 5.21. The smallest absolute Gasteiger partial charge is 0.288 e. The molecule has 2 amide bonds. The molecule has 9 nitrogen and oxygen atoms in total. The van der Waals surface area contributed by atoms with Gasteiger partial charge in [0.25, 0.3) is 17.5 Å². The zero-order chi connectivity index (χ0) is 18.2. The SMILES string of the molecule is O=C(NCCCNC(=O)c1cnccn1)c1ccc(Cl)c([N+](=O)[O-])c1. The second kappa shape index (κ2) is 8.69. The van der Waals surface area contributed by atoms with E-state index in [9.17, 15) is 19.7 Å². The predicted molar refractivity (Wildman–Crippen MR) is 89.4 cm³/mol. The maximum Gasteiger partial charge on any atom is 0.288 e. The van der Waals surface area contributed by atoms with Crippen molar-refractivity contribution in [1.82, 2.24) is 20.6 Å². The fourth-order valence-electron chi connectivity index (χ4n) is 1.90. The molecule has 0 aliphatic rings. The highest BCUT2D eigenvalue weighted by Gasteiger charge is 2.16. The zero-order valence-electron chi connectivity index (χ0n) is 12.9. The van der Waals surface area contributed by atoms with Crippen LogP contribution in [0.1, 0.15) is 27.3 Å². The number of nitrogens with one attached hydrogen (secondary N) is 2. The Labute approximate surface area is 147 Å². The monoisotopic (exact) mass is 363 g/mol. The van der Waals surface area contributed by atoms with E-state index in [-0.39, 0.29) is 34.4 Å². The van der Waals surface area contributed by atoms with Crippen LogP contribution in [0.3, 0.4) is 0 Å². The molecule has 1 aromatic heterocycles. The van der Waals surface area contributed by atoms with Gasteiger partial charge in [-0.2, -0.15) is 0 Å². The predicted octanol–water partition coefficient (Wildman–Crippen LogP) is 1.59. The molecule has 0 fully saturated rings. The lowest BCUT2D eigenvalue weighted by atomic mass is 10.2. The number of nitro benzene ring substituents is 1. The molecule has 2 rings (SSSR count). The normalized spacial score (nSPS) is 10.1. The van der Waals surface area contributed by atoms with Crippen molar-refractivity contribution in [1.29, 1.82) is 0 Å². The molecule has 2 aromatic rings. The number of carbonyl (C=O) groups excluding carboxylic acids is 2. The number of rotatable bonds is 7. The van der Waals surface area contributed by atoms with Gasteiger partial charge in [0.05, 0.1) is 11.1 Å². The van der Waals surface area contributed by atoms with Crippen LogP contribution in [-0.2, 0) is 0 Å². The molecule has 0 saturated heterocycles. The van der Waals surface area contributed by atoms with Gasteiger partial charge in [-0.1, -0.05) is 11.6 Å². The summed E-state index contributed by atoms with van der Waals surface area (Å²) < 4.78 is 0. The second-order valence-electron chi connectivity index (χ2n) is 4.88. The second-order valence-corrected chi connectivity index (χ2v) is 5.29. The Hall–Kier alpha value is -3.07. The molecule has 0 bridgehead atoms. The van der Waals surface area contributed by atoms with Crippen molar-refractivity contribution in [3.05, 3.63) is 63.2 Å². The number of benzene rings is 1. The lowest BCUT2D eigenvalue weighted by Gasteiger charge is -2.07. The molecule has 1 heterocycles. The summed E-state index contributed by atoms with van der Waals surface area (Å²) in [5.41, 5.74) is 0.0188. The summed E-state index contributed by atoms with van der Waals surface area (Å²) in [7, 11) is 0. The summed E-state index contributed by atoms with van der Waals surface area (Å²) >= 11 is 5.70. The number of carbonyl (C=O) groups is 2. The summed E-state index contributed by atoms with van der Waals surface area (Å²) in [6.45, 7) is 0.618. The van der Waals surface area contributed by atoms with Crippen LogP contribution in [0.25, 0.3) is 0 Å². The first-order valence-corrected chi connectivity index (χ1v) is 7.63. The summed E-state index contributed by atoms with van der Waals surface area (Å²) in [6.07, 6.45) is 4.71. The largest absolute Gasteiger partial charge is 0.352 e. The third-order valence-electron chi connectivity index (χ3n) is 3.13. The average molecular weight is 364 g/mol. The van der Waals surface area contributed by atoms with Gasteiger partial charge in [-0.05, 0) is 18.6 Å². The van der Waals surface area contributed by atoms with Crippen molar-refractivity contribution < 1.29 is 14.5 Å². The molecule has 0 saturated carbocycles. The highest BCUT2D eigenvalue weighted by Crippen LogP contribution is 2.24. The summed E-state index contributed by atoms with van der Waals surface area (Å²) in [5, 5.41) is 16.0. The first-order valence-electron chi connectivity index (χ1n) is 7.25.